The highest BCUT2D eigenvalue weighted by Gasteiger charge is 2.11. The topological polar surface area (TPSA) is 58.4 Å². The van der Waals surface area contributed by atoms with Gasteiger partial charge in [-0.05, 0) is 12.1 Å². The van der Waals surface area contributed by atoms with Crippen LogP contribution in [0.4, 0.5) is 11.6 Å². The molecule has 1 N–H and O–H groups in total. The second-order valence-electron chi connectivity index (χ2n) is 4.85. The molecule has 0 spiro atoms. The van der Waals surface area contributed by atoms with E-state index >= 15 is 0 Å². The van der Waals surface area contributed by atoms with E-state index in [0.29, 0.717) is 0 Å². The highest BCUT2D eigenvalue weighted by Crippen LogP contribution is 2.19. The van der Waals surface area contributed by atoms with Gasteiger partial charge in [-0.2, -0.15) is 0 Å². The smallest absolute Gasteiger partial charge is 0.180 e. The van der Waals surface area contributed by atoms with Gasteiger partial charge in [0.2, 0.25) is 0 Å². The van der Waals surface area contributed by atoms with Crippen molar-refractivity contribution in [3.63, 3.8) is 0 Å². The lowest BCUT2D eigenvalue weighted by atomic mass is 10.2. The van der Waals surface area contributed by atoms with Crippen LogP contribution in [0.5, 0.6) is 0 Å². The van der Waals surface area contributed by atoms with Crippen LogP contribution in [0, 0.1) is 0 Å². The molecular weight excluding hydrogens is 264 g/mol. The minimum Gasteiger partial charge on any atom is -0.372 e. The van der Waals surface area contributed by atoms with E-state index in [1.54, 1.807) is 6.20 Å². The zero-order valence-corrected chi connectivity index (χ0v) is 12.2. The van der Waals surface area contributed by atoms with Gasteiger partial charge >= 0.3 is 0 Å². The molecule has 6 heteroatoms. The quantitative estimate of drug-likeness (QED) is 0.774. The lowest BCUT2D eigenvalue weighted by Gasteiger charge is -2.19. The SMILES string of the molecule is CNc1cn2ccnc2c(N(C)CCc2ccccn2)n1. The van der Waals surface area contributed by atoms with Gasteiger partial charge in [0.1, 0.15) is 5.82 Å². The van der Waals surface area contributed by atoms with E-state index in [9.17, 15) is 0 Å². The molecule has 0 aliphatic heterocycles. The zero-order chi connectivity index (χ0) is 14.7. The van der Waals surface area contributed by atoms with Gasteiger partial charge in [-0.1, -0.05) is 6.07 Å². The average Bonchev–Trinajstić information content (AvgIpc) is 3.01. The molecule has 0 fully saturated rings. The van der Waals surface area contributed by atoms with Crippen LogP contribution in [-0.2, 0) is 6.42 Å². The first-order chi connectivity index (χ1) is 10.3. The fraction of sp³-hybridized carbons (Fsp3) is 0.267. The summed E-state index contributed by atoms with van der Waals surface area (Å²) in [6, 6.07) is 5.98. The van der Waals surface area contributed by atoms with E-state index in [1.165, 1.54) is 0 Å². The number of fused-ring (bicyclic) bond motifs is 1. The lowest BCUT2D eigenvalue weighted by molar-refractivity contribution is 0.837. The van der Waals surface area contributed by atoms with E-state index in [4.69, 9.17) is 0 Å². The number of anilines is 2. The molecule has 0 aliphatic carbocycles. The zero-order valence-electron chi connectivity index (χ0n) is 12.2. The Morgan fingerprint density at radius 1 is 1.24 bits per heavy atom. The molecule has 0 radical (unpaired) electrons. The summed E-state index contributed by atoms with van der Waals surface area (Å²) < 4.78 is 1.98. The van der Waals surface area contributed by atoms with E-state index in [2.05, 4.69) is 25.2 Å². The summed E-state index contributed by atoms with van der Waals surface area (Å²) in [5, 5.41) is 3.08. The molecule has 0 amide bonds. The number of nitrogens with zero attached hydrogens (tertiary/aromatic N) is 5. The standard InChI is InChI=1S/C15H18N6/c1-16-13-11-21-10-8-18-14(21)15(19-13)20(2)9-6-12-5-3-4-7-17-12/h3-5,7-8,10-11,16H,6,9H2,1-2H3. The van der Waals surface area contributed by atoms with Crippen molar-refractivity contribution in [1.82, 2.24) is 19.4 Å². The second kappa shape index (κ2) is 5.78. The number of hydrogen-bond acceptors (Lipinski definition) is 5. The van der Waals surface area contributed by atoms with Crippen LogP contribution < -0.4 is 10.2 Å². The molecule has 3 aromatic heterocycles. The van der Waals surface area contributed by atoms with Crippen molar-refractivity contribution in [2.45, 2.75) is 6.42 Å². The van der Waals surface area contributed by atoms with Gasteiger partial charge in [-0.25, -0.2) is 9.97 Å². The average molecular weight is 282 g/mol. The molecule has 21 heavy (non-hydrogen) atoms. The van der Waals surface area contributed by atoms with Crippen LogP contribution in [0.3, 0.4) is 0 Å². The van der Waals surface area contributed by atoms with Crippen molar-refractivity contribution in [2.75, 3.05) is 30.9 Å². The molecule has 0 saturated heterocycles. The van der Waals surface area contributed by atoms with Gasteiger partial charge in [0, 0.05) is 51.3 Å². The van der Waals surface area contributed by atoms with Crippen LogP contribution in [0.2, 0.25) is 0 Å². The van der Waals surface area contributed by atoms with E-state index in [-0.39, 0.29) is 0 Å². The summed E-state index contributed by atoms with van der Waals surface area (Å²) in [7, 11) is 3.89. The first kappa shape index (κ1) is 13.4. The van der Waals surface area contributed by atoms with Gasteiger partial charge in [-0.15, -0.1) is 0 Å². The third-order valence-corrected chi connectivity index (χ3v) is 3.40. The Labute approximate surface area is 123 Å². The minimum atomic E-state index is 0.820. The summed E-state index contributed by atoms with van der Waals surface area (Å²) in [5.74, 6) is 1.68. The first-order valence-electron chi connectivity index (χ1n) is 6.90. The van der Waals surface area contributed by atoms with Crippen LogP contribution in [0.25, 0.3) is 5.65 Å². The predicted octanol–water partition coefficient (Wildman–Crippen LogP) is 1.84. The molecule has 6 nitrogen and oxygen atoms in total. The van der Waals surface area contributed by atoms with Crippen molar-refractivity contribution in [3.8, 4) is 0 Å². The van der Waals surface area contributed by atoms with Crippen molar-refractivity contribution in [2.24, 2.45) is 0 Å². The lowest BCUT2D eigenvalue weighted by Crippen LogP contribution is -2.23. The highest BCUT2D eigenvalue weighted by molar-refractivity contribution is 5.66. The maximum Gasteiger partial charge on any atom is 0.180 e. The van der Waals surface area contributed by atoms with Crippen molar-refractivity contribution < 1.29 is 0 Å². The Balaban J connectivity index is 1.83. The molecule has 3 aromatic rings. The highest BCUT2D eigenvalue weighted by atomic mass is 15.2. The number of imidazole rings is 1. The van der Waals surface area contributed by atoms with E-state index < -0.39 is 0 Å². The summed E-state index contributed by atoms with van der Waals surface area (Å²) in [4.78, 5) is 15.5. The molecule has 0 saturated carbocycles. The van der Waals surface area contributed by atoms with E-state index in [0.717, 1.165) is 35.9 Å². The van der Waals surface area contributed by atoms with E-state index in [1.807, 2.05) is 55.3 Å². The summed E-state index contributed by atoms with van der Waals surface area (Å²) in [6.45, 7) is 0.833. The Morgan fingerprint density at radius 2 is 2.14 bits per heavy atom. The normalized spacial score (nSPS) is 10.8. The molecule has 3 rings (SSSR count). The van der Waals surface area contributed by atoms with Gasteiger partial charge in [-0.3, -0.25) is 4.98 Å². The molecule has 0 atom stereocenters. The molecule has 108 valence electrons. The Kier molecular flexibility index (Phi) is 3.68. The maximum absolute atomic E-state index is 4.61. The fourth-order valence-corrected chi connectivity index (χ4v) is 2.23. The van der Waals surface area contributed by atoms with Gasteiger partial charge < -0.3 is 14.6 Å². The van der Waals surface area contributed by atoms with Crippen molar-refractivity contribution in [1.29, 1.82) is 0 Å². The van der Waals surface area contributed by atoms with Crippen LogP contribution in [0.1, 0.15) is 5.69 Å². The third kappa shape index (κ3) is 2.79. The number of pyridine rings is 1. The Bertz CT molecular complexity index is 721. The van der Waals surface area contributed by atoms with Crippen LogP contribution >= 0.6 is 0 Å². The van der Waals surface area contributed by atoms with Crippen molar-refractivity contribution in [3.05, 3.63) is 48.7 Å². The molecule has 0 bridgehead atoms. The molecule has 3 heterocycles. The number of likely N-dealkylation sites (N-methyl/N-ethyl adjacent to an activating group) is 1. The minimum absolute atomic E-state index is 0.820. The third-order valence-electron chi connectivity index (χ3n) is 3.40. The number of rotatable bonds is 5. The fourth-order valence-electron chi connectivity index (χ4n) is 2.23. The number of aromatic nitrogens is 4. The van der Waals surface area contributed by atoms with Gasteiger partial charge in [0.05, 0.1) is 6.20 Å². The second-order valence-corrected chi connectivity index (χ2v) is 4.85. The molecule has 0 aliphatic rings. The number of nitrogens with one attached hydrogen (secondary N) is 1. The van der Waals surface area contributed by atoms with Crippen molar-refractivity contribution >= 4 is 17.3 Å². The summed E-state index contributed by atoms with van der Waals surface area (Å²) >= 11 is 0. The van der Waals surface area contributed by atoms with Crippen LogP contribution in [-0.4, -0.2) is 40.0 Å². The molecular formula is C15H18N6. The number of hydrogen-bond donors (Lipinski definition) is 1. The van der Waals surface area contributed by atoms with Gasteiger partial charge in [0.25, 0.3) is 0 Å². The Morgan fingerprint density at radius 3 is 2.90 bits per heavy atom. The first-order valence-corrected chi connectivity index (χ1v) is 6.90. The monoisotopic (exact) mass is 282 g/mol. The largest absolute Gasteiger partial charge is 0.372 e. The summed E-state index contributed by atoms with van der Waals surface area (Å²) in [6.07, 6.45) is 8.33. The molecule has 0 unspecified atom stereocenters. The molecule has 0 aromatic carbocycles. The predicted molar refractivity (Wildman–Crippen MR) is 83.7 cm³/mol. The Hall–Kier alpha value is -2.63. The van der Waals surface area contributed by atoms with Gasteiger partial charge in [0.15, 0.2) is 11.5 Å². The maximum atomic E-state index is 4.61. The summed E-state index contributed by atoms with van der Waals surface area (Å²) in [5.41, 5.74) is 1.94. The van der Waals surface area contributed by atoms with Crippen LogP contribution in [0.15, 0.2) is 43.0 Å².